The summed E-state index contributed by atoms with van der Waals surface area (Å²) in [6.07, 6.45) is 21.1. The summed E-state index contributed by atoms with van der Waals surface area (Å²) in [6.45, 7) is 10.1. The number of carboxylic acid groups (broad SMARTS) is 1. The second-order valence-corrected chi connectivity index (χ2v) is 16.2. The standard InChI is InChI=1S/C29H58O4Si/c1-6-9-12-15-16-17-18-21-25-34(23-19-13-10-7-2,24-20-14-11-8-3)26-22-33-28(32)29(4,5)27(30)31/h6-26H2,1-5H3,(H,30,31). The van der Waals surface area contributed by atoms with E-state index in [9.17, 15) is 14.7 Å². The van der Waals surface area contributed by atoms with Crippen molar-refractivity contribution in [1.82, 2.24) is 0 Å². The molecule has 0 aromatic rings. The lowest BCUT2D eigenvalue weighted by molar-refractivity contribution is -0.165. The van der Waals surface area contributed by atoms with E-state index in [-0.39, 0.29) is 0 Å². The molecule has 5 heteroatoms. The van der Waals surface area contributed by atoms with Gasteiger partial charge in [-0.15, -0.1) is 0 Å². The number of carboxylic acids is 1. The van der Waals surface area contributed by atoms with Gasteiger partial charge in [0.25, 0.3) is 0 Å². The minimum absolute atomic E-state index is 0.403. The number of ether oxygens (including phenoxy) is 1. The van der Waals surface area contributed by atoms with Gasteiger partial charge in [0.05, 0.1) is 14.7 Å². The van der Waals surface area contributed by atoms with Gasteiger partial charge in [-0.1, -0.05) is 142 Å². The highest BCUT2D eigenvalue weighted by Crippen LogP contribution is 2.34. The van der Waals surface area contributed by atoms with E-state index in [1.165, 1.54) is 135 Å². The molecule has 202 valence electrons. The molecule has 0 aliphatic heterocycles. The molecule has 0 bridgehead atoms. The predicted molar refractivity (Wildman–Crippen MR) is 148 cm³/mol. The summed E-state index contributed by atoms with van der Waals surface area (Å²) in [5.74, 6) is -1.70. The average Bonchev–Trinajstić information content (AvgIpc) is 2.81. The smallest absolute Gasteiger partial charge is 0.322 e. The van der Waals surface area contributed by atoms with Gasteiger partial charge in [0.15, 0.2) is 5.41 Å². The first-order valence-electron chi connectivity index (χ1n) is 14.7. The number of hydrogen-bond acceptors (Lipinski definition) is 3. The van der Waals surface area contributed by atoms with E-state index in [1.54, 1.807) is 0 Å². The number of aliphatic carboxylic acids is 1. The fourth-order valence-electron chi connectivity index (χ4n) is 4.87. The van der Waals surface area contributed by atoms with E-state index < -0.39 is 25.4 Å². The van der Waals surface area contributed by atoms with Crippen LogP contribution in [0.4, 0.5) is 0 Å². The fraction of sp³-hybridized carbons (Fsp3) is 0.931. The van der Waals surface area contributed by atoms with Crippen LogP contribution in [-0.2, 0) is 14.3 Å². The molecule has 0 aliphatic rings. The second-order valence-electron chi connectivity index (χ2n) is 11.2. The molecule has 34 heavy (non-hydrogen) atoms. The third-order valence-corrected chi connectivity index (χ3v) is 13.1. The maximum atomic E-state index is 12.4. The van der Waals surface area contributed by atoms with E-state index in [0.29, 0.717) is 6.61 Å². The maximum Gasteiger partial charge on any atom is 0.322 e. The Morgan fingerprint density at radius 2 is 0.971 bits per heavy atom. The number of rotatable bonds is 24. The van der Waals surface area contributed by atoms with E-state index >= 15 is 0 Å². The number of hydrogen-bond donors (Lipinski definition) is 1. The number of esters is 1. The maximum absolute atomic E-state index is 12.4. The highest BCUT2D eigenvalue weighted by atomic mass is 28.3. The minimum atomic E-state index is -1.55. The molecule has 0 heterocycles. The van der Waals surface area contributed by atoms with Gasteiger partial charge in [-0.2, -0.15) is 0 Å². The zero-order chi connectivity index (χ0) is 25.7. The predicted octanol–water partition coefficient (Wildman–Crippen LogP) is 9.39. The fourth-order valence-corrected chi connectivity index (χ4v) is 9.90. The molecule has 0 aliphatic carbocycles. The molecule has 0 amide bonds. The van der Waals surface area contributed by atoms with Crippen molar-refractivity contribution in [3.05, 3.63) is 0 Å². The number of carbonyl (C=O) groups excluding carboxylic acids is 1. The Bertz CT molecular complexity index is 506. The molecule has 0 saturated heterocycles. The topological polar surface area (TPSA) is 63.6 Å². The molecular formula is C29H58O4Si. The molecule has 4 nitrogen and oxygen atoms in total. The minimum Gasteiger partial charge on any atom is -0.480 e. The van der Waals surface area contributed by atoms with Gasteiger partial charge in [-0.3, -0.25) is 9.59 Å². The first-order chi connectivity index (χ1) is 16.3. The van der Waals surface area contributed by atoms with Crippen molar-refractivity contribution < 1.29 is 19.4 Å². The Kier molecular flexibility index (Phi) is 19.9. The van der Waals surface area contributed by atoms with Gasteiger partial charge < -0.3 is 9.84 Å². The highest BCUT2D eigenvalue weighted by molar-refractivity contribution is 6.79. The van der Waals surface area contributed by atoms with Crippen LogP contribution in [-0.4, -0.2) is 31.7 Å². The summed E-state index contributed by atoms with van der Waals surface area (Å²) < 4.78 is 5.58. The first kappa shape index (κ1) is 33.2. The number of carbonyl (C=O) groups is 2. The van der Waals surface area contributed by atoms with E-state index in [4.69, 9.17) is 4.74 Å². The monoisotopic (exact) mass is 498 g/mol. The summed E-state index contributed by atoms with van der Waals surface area (Å²) >= 11 is 0. The Morgan fingerprint density at radius 1 is 0.618 bits per heavy atom. The van der Waals surface area contributed by atoms with Crippen LogP contribution in [0.15, 0.2) is 0 Å². The summed E-state index contributed by atoms with van der Waals surface area (Å²) in [5.41, 5.74) is -1.47. The molecule has 0 fully saturated rings. The SMILES string of the molecule is CCCCCCCCCC[Si](CCCCCC)(CCCCCC)CCOC(=O)C(C)(C)C(=O)O. The van der Waals surface area contributed by atoms with Gasteiger partial charge in [0, 0.05) is 0 Å². The van der Waals surface area contributed by atoms with Gasteiger partial charge >= 0.3 is 11.9 Å². The van der Waals surface area contributed by atoms with Crippen molar-refractivity contribution >= 4 is 20.0 Å². The molecule has 0 atom stereocenters. The molecule has 0 aromatic carbocycles. The number of unbranched alkanes of at least 4 members (excludes halogenated alkanes) is 13. The Morgan fingerprint density at radius 3 is 1.35 bits per heavy atom. The first-order valence-corrected chi connectivity index (χ1v) is 17.5. The molecule has 0 aromatic heterocycles. The molecule has 0 rings (SSSR count). The summed E-state index contributed by atoms with van der Waals surface area (Å²) in [7, 11) is -1.55. The van der Waals surface area contributed by atoms with Crippen molar-refractivity contribution in [2.75, 3.05) is 6.61 Å². The van der Waals surface area contributed by atoms with Crippen LogP contribution in [0.25, 0.3) is 0 Å². The van der Waals surface area contributed by atoms with E-state index in [0.717, 1.165) is 6.04 Å². The molecule has 0 unspecified atom stereocenters. The van der Waals surface area contributed by atoms with Crippen molar-refractivity contribution in [2.45, 2.75) is 162 Å². The largest absolute Gasteiger partial charge is 0.480 e. The van der Waals surface area contributed by atoms with Crippen LogP contribution in [0.5, 0.6) is 0 Å². The zero-order valence-corrected chi connectivity index (χ0v) is 24.5. The summed E-state index contributed by atoms with van der Waals surface area (Å²) in [5, 5.41) is 9.35. The Balaban J connectivity index is 5.01. The van der Waals surface area contributed by atoms with Crippen molar-refractivity contribution in [1.29, 1.82) is 0 Å². The van der Waals surface area contributed by atoms with Gasteiger partial charge in [-0.25, -0.2) is 0 Å². The molecule has 0 saturated carbocycles. The zero-order valence-electron chi connectivity index (χ0n) is 23.5. The van der Waals surface area contributed by atoms with Crippen LogP contribution in [0.2, 0.25) is 24.2 Å². The lowest BCUT2D eigenvalue weighted by Crippen LogP contribution is -2.38. The molecule has 0 radical (unpaired) electrons. The van der Waals surface area contributed by atoms with Gasteiger partial charge in [0.2, 0.25) is 0 Å². The van der Waals surface area contributed by atoms with Crippen molar-refractivity contribution in [2.24, 2.45) is 5.41 Å². The lowest BCUT2D eigenvalue weighted by Gasteiger charge is -2.33. The highest BCUT2D eigenvalue weighted by Gasteiger charge is 2.38. The lowest BCUT2D eigenvalue weighted by atomic mass is 9.94. The quantitative estimate of drug-likeness (QED) is 0.0623. The van der Waals surface area contributed by atoms with Crippen molar-refractivity contribution in [3.63, 3.8) is 0 Å². The normalized spacial score (nSPS) is 12.1. The molecular weight excluding hydrogens is 440 g/mol. The van der Waals surface area contributed by atoms with Crippen LogP contribution in [0, 0.1) is 5.41 Å². The van der Waals surface area contributed by atoms with Crippen LogP contribution >= 0.6 is 0 Å². The summed E-state index contributed by atoms with van der Waals surface area (Å²) in [4.78, 5) is 23.8. The van der Waals surface area contributed by atoms with Crippen molar-refractivity contribution in [3.8, 4) is 0 Å². The van der Waals surface area contributed by atoms with E-state index in [1.807, 2.05) is 0 Å². The Hall–Kier alpha value is -0.843. The molecule has 0 spiro atoms. The third kappa shape index (κ3) is 15.2. The van der Waals surface area contributed by atoms with Crippen LogP contribution < -0.4 is 0 Å². The van der Waals surface area contributed by atoms with E-state index in [2.05, 4.69) is 20.8 Å². The second kappa shape index (κ2) is 20.4. The van der Waals surface area contributed by atoms with Gasteiger partial charge in [-0.05, 0) is 19.9 Å². The summed E-state index contributed by atoms with van der Waals surface area (Å²) in [6, 6.07) is 5.04. The molecule has 1 N–H and O–H groups in total. The van der Waals surface area contributed by atoms with Crippen LogP contribution in [0.1, 0.15) is 137 Å². The van der Waals surface area contributed by atoms with Crippen LogP contribution in [0.3, 0.4) is 0 Å². The Labute approximate surface area is 213 Å². The third-order valence-electron chi connectivity index (χ3n) is 7.59. The average molecular weight is 499 g/mol. The van der Waals surface area contributed by atoms with Gasteiger partial charge in [0.1, 0.15) is 0 Å².